The number of nitrogens with zero attached hydrogens (tertiary/aromatic N) is 2. The van der Waals surface area contributed by atoms with Crippen LogP contribution in [0.3, 0.4) is 0 Å². The second-order valence-corrected chi connectivity index (χ2v) is 5.01. The van der Waals surface area contributed by atoms with Gasteiger partial charge in [-0.3, -0.25) is 0 Å². The molecular weight excluding hydrogens is 236 g/mol. The maximum absolute atomic E-state index is 5.49. The Kier molecular flexibility index (Phi) is 4.48. The highest BCUT2D eigenvalue weighted by molar-refractivity contribution is 5.66. The molecule has 2 aromatic heterocycles. The molecule has 0 aliphatic heterocycles. The van der Waals surface area contributed by atoms with Gasteiger partial charge in [-0.25, -0.2) is 0 Å². The molecule has 2 heterocycles. The molecule has 3 nitrogen and oxygen atoms in total. The van der Waals surface area contributed by atoms with E-state index in [4.69, 9.17) is 4.74 Å². The summed E-state index contributed by atoms with van der Waals surface area (Å²) in [6, 6.07) is 6.85. The highest BCUT2D eigenvalue weighted by atomic mass is 16.5. The summed E-state index contributed by atoms with van der Waals surface area (Å²) >= 11 is 0. The van der Waals surface area contributed by atoms with Crippen LogP contribution in [0.2, 0.25) is 0 Å². The molecule has 0 bridgehead atoms. The van der Waals surface area contributed by atoms with Crippen LogP contribution in [-0.2, 0) is 6.42 Å². The fraction of sp³-hybridized carbons (Fsp3) is 0.500. The molecule has 0 aromatic carbocycles. The van der Waals surface area contributed by atoms with Crippen molar-refractivity contribution in [2.75, 3.05) is 20.7 Å². The van der Waals surface area contributed by atoms with Gasteiger partial charge >= 0.3 is 0 Å². The molecule has 19 heavy (non-hydrogen) atoms. The molecule has 0 aliphatic carbocycles. The number of rotatable bonds is 6. The van der Waals surface area contributed by atoms with E-state index in [-0.39, 0.29) is 0 Å². The van der Waals surface area contributed by atoms with Crippen molar-refractivity contribution in [1.82, 2.24) is 9.30 Å². The first-order valence-electron chi connectivity index (χ1n) is 7.04. The highest BCUT2D eigenvalue weighted by Crippen LogP contribution is 2.26. The Morgan fingerprint density at radius 3 is 2.68 bits per heavy atom. The Hall–Kier alpha value is -1.48. The summed E-state index contributed by atoms with van der Waals surface area (Å²) in [5.74, 6) is 0.955. The Labute approximate surface area is 115 Å². The Morgan fingerprint density at radius 2 is 2.05 bits per heavy atom. The average Bonchev–Trinajstić information content (AvgIpc) is 2.87. The maximum Gasteiger partial charge on any atom is 0.143 e. The van der Waals surface area contributed by atoms with Crippen LogP contribution in [0.4, 0.5) is 0 Å². The van der Waals surface area contributed by atoms with Gasteiger partial charge < -0.3 is 14.0 Å². The molecule has 1 unspecified atom stereocenters. The van der Waals surface area contributed by atoms with Crippen LogP contribution in [0.25, 0.3) is 5.52 Å². The smallest absolute Gasteiger partial charge is 0.143 e. The van der Waals surface area contributed by atoms with Crippen molar-refractivity contribution in [2.24, 2.45) is 0 Å². The number of fused-ring (bicyclic) bond motifs is 1. The van der Waals surface area contributed by atoms with Gasteiger partial charge in [-0.05, 0) is 50.2 Å². The van der Waals surface area contributed by atoms with E-state index in [2.05, 4.69) is 48.7 Å². The first-order valence-corrected chi connectivity index (χ1v) is 7.04. The second kappa shape index (κ2) is 6.11. The number of likely N-dealkylation sites (N-methyl/N-ethyl adjacent to an activating group) is 1. The summed E-state index contributed by atoms with van der Waals surface area (Å²) in [7, 11) is 3.94. The summed E-state index contributed by atoms with van der Waals surface area (Å²) in [4.78, 5) is 2.42. The molecule has 0 N–H and O–H groups in total. The third-order valence-electron chi connectivity index (χ3n) is 4.00. The van der Waals surface area contributed by atoms with E-state index in [9.17, 15) is 0 Å². The standard InChI is InChI=1S/C16H24N2O/c1-5-14(17(3)6-2)12-13-9-11-18-10-7-8-15(19-4)16(13)18/h7-11,14H,5-6,12H2,1-4H3. The van der Waals surface area contributed by atoms with Crippen molar-refractivity contribution >= 4 is 5.52 Å². The van der Waals surface area contributed by atoms with Gasteiger partial charge in [-0.2, -0.15) is 0 Å². The predicted molar refractivity (Wildman–Crippen MR) is 80.0 cm³/mol. The highest BCUT2D eigenvalue weighted by Gasteiger charge is 2.15. The zero-order chi connectivity index (χ0) is 13.8. The number of ether oxygens (including phenoxy) is 1. The number of pyridine rings is 1. The molecule has 2 rings (SSSR count). The molecule has 0 saturated heterocycles. The monoisotopic (exact) mass is 260 g/mol. The van der Waals surface area contributed by atoms with E-state index < -0.39 is 0 Å². The minimum atomic E-state index is 0.584. The summed E-state index contributed by atoms with van der Waals surface area (Å²) in [6.45, 7) is 5.55. The number of aromatic nitrogens is 1. The lowest BCUT2D eigenvalue weighted by Gasteiger charge is -2.25. The topological polar surface area (TPSA) is 16.9 Å². The van der Waals surface area contributed by atoms with Crippen molar-refractivity contribution in [1.29, 1.82) is 0 Å². The average molecular weight is 260 g/mol. The van der Waals surface area contributed by atoms with E-state index in [0.29, 0.717) is 6.04 Å². The van der Waals surface area contributed by atoms with Gasteiger partial charge in [0.05, 0.1) is 12.6 Å². The fourth-order valence-electron chi connectivity index (χ4n) is 2.65. The summed E-state index contributed by atoms with van der Waals surface area (Å²) in [5, 5.41) is 0. The number of methoxy groups -OCH3 is 1. The summed E-state index contributed by atoms with van der Waals surface area (Å²) < 4.78 is 7.64. The van der Waals surface area contributed by atoms with Gasteiger partial charge in [0.1, 0.15) is 5.75 Å². The van der Waals surface area contributed by atoms with E-state index in [1.165, 1.54) is 11.1 Å². The Morgan fingerprint density at radius 1 is 1.26 bits per heavy atom. The molecule has 0 saturated carbocycles. The van der Waals surface area contributed by atoms with Crippen molar-refractivity contribution < 1.29 is 4.74 Å². The van der Waals surface area contributed by atoms with Crippen LogP contribution in [0.15, 0.2) is 30.6 Å². The lowest BCUT2D eigenvalue weighted by molar-refractivity contribution is 0.246. The van der Waals surface area contributed by atoms with Gasteiger partial charge in [-0.1, -0.05) is 13.8 Å². The zero-order valence-electron chi connectivity index (χ0n) is 12.4. The van der Waals surface area contributed by atoms with Crippen LogP contribution in [0.5, 0.6) is 5.75 Å². The molecule has 3 heteroatoms. The van der Waals surface area contributed by atoms with Crippen molar-refractivity contribution in [3.63, 3.8) is 0 Å². The minimum absolute atomic E-state index is 0.584. The Bertz CT molecular complexity index is 533. The molecule has 0 radical (unpaired) electrons. The zero-order valence-corrected chi connectivity index (χ0v) is 12.4. The molecule has 1 atom stereocenters. The van der Waals surface area contributed by atoms with Crippen LogP contribution >= 0.6 is 0 Å². The lowest BCUT2D eigenvalue weighted by Crippen LogP contribution is -2.32. The second-order valence-electron chi connectivity index (χ2n) is 5.01. The maximum atomic E-state index is 5.49. The first-order chi connectivity index (χ1) is 9.21. The van der Waals surface area contributed by atoms with Crippen molar-refractivity contribution in [3.8, 4) is 5.75 Å². The predicted octanol–water partition coefficient (Wildman–Crippen LogP) is 3.22. The summed E-state index contributed by atoms with van der Waals surface area (Å²) in [5.41, 5.74) is 2.57. The molecule has 0 spiro atoms. The SMILES string of the molecule is CCC(Cc1ccn2cccc(OC)c12)N(C)CC. The van der Waals surface area contributed by atoms with Crippen LogP contribution in [0, 0.1) is 0 Å². The number of hydrogen-bond donors (Lipinski definition) is 0. The molecule has 0 amide bonds. The van der Waals surface area contributed by atoms with E-state index in [1.807, 2.05) is 12.1 Å². The molecular formula is C16H24N2O. The fourth-order valence-corrected chi connectivity index (χ4v) is 2.65. The van der Waals surface area contributed by atoms with Crippen LogP contribution in [-0.4, -0.2) is 36.0 Å². The van der Waals surface area contributed by atoms with Gasteiger partial charge in [0.2, 0.25) is 0 Å². The minimum Gasteiger partial charge on any atom is -0.495 e. The van der Waals surface area contributed by atoms with Gasteiger partial charge in [0, 0.05) is 18.4 Å². The van der Waals surface area contributed by atoms with Gasteiger partial charge in [0.15, 0.2) is 0 Å². The van der Waals surface area contributed by atoms with Crippen LogP contribution < -0.4 is 4.74 Å². The van der Waals surface area contributed by atoms with Crippen molar-refractivity contribution in [2.45, 2.75) is 32.7 Å². The van der Waals surface area contributed by atoms with E-state index in [1.54, 1.807) is 7.11 Å². The Balaban J connectivity index is 2.34. The van der Waals surface area contributed by atoms with E-state index >= 15 is 0 Å². The molecule has 0 fully saturated rings. The lowest BCUT2D eigenvalue weighted by atomic mass is 10.0. The van der Waals surface area contributed by atoms with Crippen LogP contribution in [0.1, 0.15) is 25.8 Å². The quantitative estimate of drug-likeness (QED) is 0.793. The molecule has 2 aromatic rings. The largest absolute Gasteiger partial charge is 0.495 e. The van der Waals surface area contributed by atoms with Crippen molar-refractivity contribution in [3.05, 3.63) is 36.2 Å². The van der Waals surface area contributed by atoms with E-state index in [0.717, 1.165) is 25.1 Å². The molecule has 104 valence electrons. The molecule has 0 aliphatic rings. The van der Waals surface area contributed by atoms with Gasteiger partial charge in [0.25, 0.3) is 0 Å². The normalized spacial score (nSPS) is 13.1. The first kappa shape index (κ1) is 13.9. The summed E-state index contributed by atoms with van der Waals surface area (Å²) in [6.07, 6.45) is 6.42. The van der Waals surface area contributed by atoms with Gasteiger partial charge in [-0.15, -0.1) is 0 Å². The third-order valence-corrected chi connectivity index (χ3v) is 4.00. The third kappa shape index (κ3) is 2.76. The number of hydrogen-bond acceptors (Lipinski definition) is 2.